The van der Waals surface area contributed by atoms with Gasteiger partial charge in [0.1, 0.15) is 0 Å². The van der Waals surface area contributed by atoms with Crippen LogP contribution >= 0.6 is 0 Å². The van der Waals surface area contributed by atoms with Crippen LogP contribution in [-0.4, -0.2) is 35.7 Å². The smallest absolute Gasteiger partial charge is 0.278 e. The topological polar surface area (TPSA) is 68.5 Å². The van der Waals surface area contributed by atoms with Crippen LogP contribution in [0.3, 0.4) is 0 Å². The van der Waals surface area contributed by atoms with Crippen LogP contribution in [0.15, 0.2) is 30.6 Å². The number of hydrogen-bond donors (Lipinski definition) is 0. The zero-order valence-corrected chi connectivity index (χ0v) is 14.1. The molecule has 2 aromatic rings. The molecule has 1 aromatic heterocycles. The first-order chi connectivity index (χ1) is 11.4. The molecule has 2 fully saturated rings. The van der Waals surface area contributed by atoms with E-state index in [0.29, 0.717) is 23.4 Å². The van der Waals surface area contributed by atoms with Crippen molar-refractivity contribution in [2.75, 3.05) is 18.6 Å². The van der Waals surface area contributed by atoms with E-state index in [-0.39, 0.29) is 16.0 Å². The number of nitro benzene ring substituents is 1. The van der Waals surface area contributed by atoms with Crippen LogP contribution in [-0.2, 0) is 4.74 Å². The predicted octanol–water partition coefficient (Wildman–Crippen LogP) is 3.39. The molecule has 126 valence electrons. The normalized spacial score (nSPS) is 27.5. The van der Waals surface area contributed by atoms with Crippen LogP contribution < -0.4 is 4.90 Å². The fourth-order valence-electron chi connectivity index (χ4n) is 4.86. The minimum Gasteiger partial charge on any atom is -0.377 e. The summed E-state index contributed by atoms with van der Waals surface area (Å²) in [7, 11) is 2.09. The number of aromatic nitrogens is 1. The number of pyridine rings is 1. The number of hydrogen-bond acceptors (Lipinski definition) is 5. The number of rotatable bonds is 3. The highest BCUT2D eigenvalue weighted by atomic mass is 16.6. The lowest BCUT2D eigenvalue weighted by Gasteiger charge is -2.58. The molecule has 3 unspecified atom stereocenters. The molecular weight excluding hydrogens is 306 g/mol. The lowest BCUT2D eigenvalue weighted by Crippen LogP contribution is -2.66. The maximum absolute atomic E-state index is 11.3. The Morgan fingerprint density at radius 1 is 1.33 bits per heavy atom. The van der Waals surface area contributed by atoms with Crippen molar-refractivity contribution in [2.45, 2.75) is 32.4 Å². The summed E-state index contributed by atoms with van der Waals surface area (Å²) in [6.45, 7) is 5.32. The van der Waals surface area contributed by atoms with Crippen LogP contribution in [0.1, 0.15) is 20.3 Å². The number of benzene rings is 1. The Morgan fingerprint density at radius 3 is 2.88 bits per heavy atom. The van der Waals surface area contributed by atoms with Crippen LogP contribution in [0.4, 0.5) is 11.4 Å². The van der Waals surface area contributed by atoms with E-state index in [9.17, 15) is 10.1 Å². The standard InChI is InChI=1S/C18H21N3O3/c1-18(2)16(12-7-9-24-17(12)18)20(3)14-4-5-15(21(22)23)13-10-19-8-6-11(13)14/h4-6,8,10,12,16-17H,7,9H2,1-3H3. The molecule has 0 N–H and O–H groups in total. The van der Waals surface area contributed by atoms with Crippen molar-refractivity contribution >= 4 is 22.1 Å². The molecule has 3 atom stereocenters. The molecule has 1 aliphatic carbocycles. The van der Waals surface area contributed by atoms with Crippen molar-refractivity contribution in [3.63, 3.8) is 0 Å². The van der Waals surface area contributed by atoms with Gasteiger partial charge in [-0.3, -0.25) is 15.1 Å². The summed E-state index contributed by atoms with van der Waals surface area (Å²) >= 11 is 0. The maximum atomic E-state index is 11.3. The minimum atomic E-state index is -0.345. The van der Waals surface area contributed by atoms with Gasteiger partial charge in [0.15, 0.2) is 0 Å². The molecule has 2 heterocycles. The van der Waals surface area contributed by atoms with Gasteiger partial charge < -0.3 is 9.64 Å². The maximum Gasteiger partial charge on any atom is 0.278 e. The number of nitrogens with zero attached hydrogens (tertiary/aromatic N) is 3. The van der Waals surface area contributed by atoms with Gasteiger partial charge in [0, 0.05) is 60.6 Å². The second-order valence-electron chi connectivity index (χ2n) is 7.40. The third kappa shape index (κ3) is 1.95. The Kier molecular flexibility index (Phi) is 3.28. The largest absolute Gasteiger partial charge is 0.377 e. The molecule has 0 amide bonds. The Morgan fingerprint density at radius 2 is 2.12 bits per heavy atom. The van der Waals surface area contributed by atoms with Crippen LogP contribution in [0.25, 0.3) is 10.8 Å². The Bertz CT molecular complexity index is 820. The second kappa shape index (κ2) is 5.14. The third-order valence-electron chi connectivity index (χ3n) is 5.80. The Hall–Kier alpha value is -2.21. The van der Waals surface area contributed by atoms with Gasteiger partial charge in [0.05, 0.1) is 16.4 Å². The van der Waals surface area contributed by atoms with Gasteiger partial charge in [-0.25, -0.2) is 0 Å². The zero-order valence-electron chi connectivity index (χ0n) is 14.1. The van der Waals surface area contributed by atoms with Crippen molar-refractivity contribution in [3.8, 4) is 0 Å². The van der Waals surface area contributed by atoms with Gasteiger partial charge in [0.2, 0.25) is 0 Å². The number of nitro groups is 1. The van der Waals surface area contributed by atoms with Gasteiger partial charge in [-0.15, -0.1) is 0 Å². The highest BCUT2D eigenvalue weighted by Gasteiger charge is 2.60. The van der Waals surface area contributed by atoms with Crippen molar-refractivity contribution in [1.29, 1.82) is 0 Å². The highest BCUT2D eigenvalue weighted by Crippen LogP contribution is 2.55. The lowest BCUT2D eigenvalue weighted by molar-refractivity contribution is -0.383. The van der Waals surface area contributed by atoms with Crippen molar-refractivity contribution in [3.05, 3.63) is 40.7 Å². The fourth-order valence-corrected chi connectivity index (χ4v) is 4.86. The minimum absolute atomic E-state index is 0.0665. The molecule has 1 aromatic carbocycles. The molecule has 0 spiro atoms. The Labute approximate surface area is 140 Å². The number of non-ortho nitro benzene ring substituents is 1. The van der Waals surface area contributed by atoms with Gasteiger partial charge >= 0.3 is 0 Å². The third-order valence-corrected chi connectivity index (χ3v) is 5.80. The van der Waals surface area contributed by atoms with Crippen LogP contribution in [0.5, 0.6) is 0 Å². The fraction of sp³-hybridized carbons (Fsp3) is 0.500. The summed E-state index contributed by atoms with van der Waals surface area (Å²) in [5, 5.41) is 12.8. The summed E-state index contributed by atoms with van der Waals surface area (Å²) in [6.07, 6.45) is 4.67. The lowest BCUT2D eigenvalue weighted by atomic mass is 9.56. The van der Waals surface area contributed by atoms with Crippen LogP contribution in [0, 0.1) is 21.4 Å². The summed E-state index contributed by atoms with van der Waals surface area (Å²) < 4.78 is 5.90. The first kappa shape index (κ1) is 15.3. The first-order valence-corrected chi connectivity index (χ1v) is 8.28. The summed E-state index contributed by atoms with van der Waals surface area (Å²) in [5.74, 6) is 0.525. The molecule has 1 saturated heterocycles. The van der Waals surface area contributed by atoms with Crippen LogP contribution in [0.2, 0.25) is 0 Å². The van der Waals surface area contributed by atoms with Gasteiger partial charge in [-0.1, -0.05) is 13.8 Å². The monoisotopic (exact) mass is 327 g/mol. The van der Waals surface area contributed by atoms with Gasteiger partial charge in [-0.05, 0) is 18.6 Å². The molecule has 0 radical (unpaired) electrons. The predicted molar refractivity (Wildman–Crippen MR) is 92.2 cm³/mol. The zero-order chi connectivity index (χ0) is 17.1. The van der Waals surface area contributed by atoms with E-state index in [2.05, 4.69) is 30.8 Å². The quantitative estimate of drug-likeness (QED) is 0.638. The summed E-state index contributed by atoms with van der Waals surface area (Å²) in [4.78, 5) is 17.3. The summed E-state index contributed by atoms with van der Waals surface area (Å²) in [5.41, 5.74) is 1.18. The average Bonchev–Trinajstić information content (AvgIpc) is 2.99. The van der Waals surface area contributed by atoms with Crippen molar-refractivity contribution < 1.29 is 9.66 Å². The number of fused-ring (bicyclic) bond motifs is 2. The van der Waals surface area contributed by atoms with E-state index < -0.39 is 0 Å². The van der Waals surface area contributed by atoms with E-state index in [1.54, 1.807) is 18.5 Å². The van der Waals surface area contributed by atoms with E-state index >= 15 is 0 Å². The number of anilines is 1. The van der Waals surface area contributed by atoms with E-state index in [4.69, 9.17) is 4.74 Å². The van der Waals surface area contributed by atoms with Crippen molar-refractivity contribution in [1.82, 2.24) is 4.98 Å². The summed E-state index contributed by atoms with van der Waals surface area (Å²) in [6, 6.07) is 5.68. The van der Waals surface area contributed by atoms with Gasteiger partial charge in [-0.2, -0.15) is 0 Å². The highest BCUT2D eigenvalue weighted by molar-refractivity contribution is 5.99. The molecule has 0 bridgehead atoms. The molecular formula is C18H21N3O3. The van der Waals surface area contributed by atoms with E-state index in [0.717, 1.165) is 24.1 Å². The van der Waals surface area contributed by atoms with Crippen molar-refractivity contribution in [2.24, 2.45) is 11.3 Å². The number of ether oxygens (including phenoxy) is 1. The molecule has 1 aliphatic heterocycles. The molecule has 2 aliphatic rings. The molecule has 6 heteroatoms. The molecule has 24 heavy (non-hydrogen) atoms. The van der Waals surface area contributed by atoms with E-state index in [1.165, 1.54) is 0 Å². The molecule has 6 nitrogen and oxygen atoms in total. The van der Waals surface area contributed by atoms with E-state index in [1.807, 2.05) is 12.1 Å². The molecule has 4 rings (SSSR count). The second-order valence-corrected chi connectivity index (χ2v) is 7.40. The average molecular weight is 327 g/mol. The SMILES string of the molecule is CN(c1ccc([N+](=O)[O-])c2cnccc12)C1C2CCOC2C1(C)C. The molecule has 1 saturated carbocycles. The van der Waals surface area contributed by atoms with Gasteiger partial charge in [0.25, 0.3) is 5.69 Å². The Balaban J connectivity index is 1.80. The first-order valence-electron chi connectivity index (χ1n) is 8.28.